The zero-order valence-corrected chi connectivity index (χ0v) is 13.1. The standard InChI is InChI=1S/C14H17N7O2/c1-14(2,3)13-18-17-11-5-4-10(19-21(11)13)16-9-6-15-20(7-9)8-12(22)23/h4-7H,8H2,1-3H3,(H,16,19)(H,22,23). The van der Waals surface area contributed by atoms with Gasteiger partial charge in [0.15, 0.2) is 17.3 Å². The van der Waals surface area contributed by atoms with E-state index in [0.717, 1.165) is 5.82 Å². The van der Waals surface area contributed by atoms with Crippen LogP contribution in [0.3, 0.4) is 0 Å². The Hall–Kier alpha value is -2.97. The summed E-state index contributed by atoms with van der Waals surface area (Å²) in [5.41, 5.74) is 1.14. The van der Waals surface area contributed by atoms with Crippen molar-refractivity contribution in [3.8, 4) is 0 Å². The van der Waals surface area contributed by atoms with Gasteiger partial charge in [-0.25, -0.2) is 0 Å². The van der Waals surface area contributed by atoms with E-state index in [1.54, 1.807) is 23.0 Å². The molecule has 120 valence electrons. The molecule has 0 spiro atoms. The molecule has 0 aliphatic carbocycles. The summed E-state index contributed by atoms with van der Waals surface area (Å²) in [4.78, 5) is 10.7. The minimum absolute atomic E-state index is 0.183. The SMILES string of the molecule is CC(C)(C)c1nnc2ccc(Nc3cnn(CC(=O)O)c3)nn12. The zero-order chi connectivity index (χ0) is 16.6. The molecular formula is C14H17N7O2. The molecule has 0 amide bonds. The minimum Gasteiger partial charge on any atom is -0.480 e. The van der Waals surface area contributed by atoms with Crippen LogP contribution in [0.4, 0.5) is 11.5 Å². The summed E-state index contributed by atoms with van der Waals surface area (Å²) in [6.07, 6.45) is 3.16. The third-order valence-electron chi connectivity index (χ3n) is 3.14. The predicted molar refractivity (Wildman–Crippen MR) is 82.6 cm³/mol. The van der Waals surface area contributed by atoms with Crippen molar-refractivity contribution >= 4 is 23.1 Å². The molecule has 0 fully saturated rings. The lowest BCUT2D eigenvalue weighted by atomic mass is 9.96. The topological polar surface area (TPSA) is 110 Å². The Bertz CT molecular complexity index is 860. The molecule has 3 aromatic heterocycles. The zero-order valence-electron chi connectivity index (χ0n) is 13.1. The van der Waals surface area contributed by atoms with E-state index < -0.39 is 5.97 Å². The predicted octanol–water partition coefficient (Wildman–Crippen LogP) is 1.45. The molecule has 0 atom stereocenters. The van der Waals surface area contributed by atoms with Gasteiger partial charge in [0.1, 0.15) is 6.54 Å². The van der Waals surface area contributed by atoms with Crippen LogP contribution < -0.4 is 5.32 Å². The van der Waals surface area contributed by atoms with E-state index in [1.807, 2.05) is 26.8 Å². The number of hydrogen-bond acceptors (Lipinski definition) is 6. The number of carboxylic acids is 1. The van der Waals surface area contributed by atoms with Gasteiger partial charge in [-0.3, -0.25) is 9.48 Å². The van der Waals surface area contributed by atoms with E-state index in [4.69, 9.17) is 5.11 Å². The van der Waals surface area contributed by atoms with Gasteiger partial charge < -0.3 is 10.4 Å². The van der Waals surface area contributed by atoms with Gasteiger partial charge in [0.05, 0.1) is 11.9 Å². The van der Waals surface area contributed by atoms with E-state index in [1.165, 1.54) is 4.68 Å². The summed E-state index contributed by atoms with van der Waals surface area (Å²) < 4.78 is 3.03. The van der Waals surface area contributed by atoms with Gasteiger partial charge in [0.2, 0.25) is 0 Å². The first-order chi connectivity index (χ1) is 10.8. The van der Waals surface area contributed by atoms with E-state index >= 15 is 0 Å². The Morgan fingerprint density at radius 3 is 2.78 bits per heavy atom. The Kier molecular flexibility index (Phi) is 3.47. The van der Waals surface area contributed by atoms with Crippen LogP contribution in [-0.4, -0.2) is 40.7 Å². The lowest BCUT2D eigenvalue weighted by Gasteiger charge is -2.15. The average Bonchev–Trinajstić information content (AvgIpc) is 3.03. The van der Waals surface area contributed by atoms with Crippen LogP contribution in [-0.2, 0) is 16.8 Å². The number of nitrogens with zero attached hydrogens (tertiary/aromatic N) is 6. The smallest absolute Gasteiger partial charge is 0.325 e. The van der Waals surface area contributed by atoms with E-state index in [9.17, 15) is 4.79 Å². The molecule has 0 radical (unpaired) electrons. The number of nitrogens with one attached hydrogen (secondary N) is 1. The van der Waals surface area contributed by atoms with Crippen LogP contribution in [0, 0.1) is 0 Å². The van der Waals surface area contributed by atoms with Crippen LogP contribution in [0.5, 0.6) is 0 Å². The lowest BCUT2D eigenvalue weighted by Crippen LogP contribution is -2.17. The highest BCUT2D eigenvalue weighted by atomic mass is 16.4. The van der Waals surface area contributed by atoms with Crippen LogP contribution in [0.15, 0.2) is 24.5 Å². The third kappa shape index (κ3) is 3.12. The van der Waals surface area contributed by atoms with Crippen LogP contribution >= 0.6 is 0 Å². The first kappa shape index (κ1) is 14.9. The fourth-order valence-electron chi connectivity index (χ4n) is 2.12. The summed E-state index contributed by atoms with van der Waals surface area (Å²) >= 11 is 0. The van der Waals surface area contributed by atoms with E-state index in [-0.39, 0.29) is 12.0 Å². The number of carbonyl (C=O) groups is 1. The molecule has 9 heteroatoms. The quantitative estimate of drug-likeness (QED) is 0.749. The normalized spacial score (nSPS) is 11.8. The minimum atomic E-state index is -0.946. The first-order valence-electron chi connectivity index (χ1n) is 7.07. The maximum absolute atomic E-state index is 10.7. The molecular weight excluding hydrogens is 298 g/mol. The molecule has 0 aromatic carbocycles. The summed E-state index contributed by atoms with van der Waals surface area (Å²) in [5.74, 6) is 0.411. The van der Waals surface area contributed by atoms with Crippen molar-refractivity contribution in [3.05, 3.63) is 30.4 Å². The fraction of sp³-hybridized carbons (Fsp3) is 0.357. The van der Waals surface area contributed by atoms with Gasteiger partial charge in [0.25, 0.3) is 0 Å². The van der Waals surface area contributed by atoms with Gasteiger partial charge in [-0.2, -0.15) is 9.61 Å². The molecule has 0 aliphatic rings. The fourth-order valence-corrected chi connectivity index (χ4v) is 2.12. The monoisotopic (exact) mass is 315 g/mol. The molecule has 3 rings (SSSR count). The number of rotatable bonds is 4. The second kappa shape index (κ2) is 5.34. The number of aromatic nitrogens is 6. The van der Waals surface area contributed by atoms with Gasteiger partial charge in [-0.15, -0.1) is 15.3 Å². The largest absolute Gasteiger partial charge is 0.480 e. The molecule has 0 saturated heterocycles. The van der Waals surface area contributed by atoms with Crippen LogP contribution in [0.2, 0.25) is 0 Å². The lowest BCUT2D eigenvalue weighted by molar-refractivity contribution is -0.137. The van der Waals surface area contributed by atoms with E-state index in [2.05, 4.69) is 25.7 Å². The van der Waals surface area contributed by atoms with Crippen molar-refractivity contribution in [3.63, 3.8) is 0 Å². The van der Waals surface area contributed by atoms with Gasteiger partial charge in [-0.1, -0.05) is 20.8 Å². The molecule has 0 aliphatic heterocycles. The maximum atomic E-state index is 10.7. The molecule has 0 saturated carbocycles. The third-order valence-corrected chi connectivity index (χ3v) is 3.14. The summed E-state index contributed by atoms with van der Waals surface area (Å²) in [7, 11) is 0. The van der Waals surface area contributed by atoms with Crippen molar-refractivity contribution < 1.29 is 9.90 Å². The van der Waals surface area contributed by atoms with Crippen molar-refractivity contribution in [1.29, 1.82) is 0 Å². The molecule has 0 unspecified atom stereocenters. The van der Waals surface area contributed by atoms with Crippen LogP contribution in [0.25, 0.3) is 5.65 Å². The first-order valence-corrected chi connectivity index (χ1v) is 7.07. The summed E-state index contributed by atoms with van der Waals surface area (Å²) in [6, 6.07) is 3.60. The molecule has 9 nitrogen and oxygen atoms in total. The van der Waals surface area contributed by atoms with Crippen molar-refractivity contribution in [2.24, 2.45) is 0 Å². The summed E-state index contributed by atoms with van der Waals surface area (Å²) in [6.45, 7) is 5.94. The highest BCUT2D eigenvalue weighted by Crippen LogP contribution is 2.21. The molecule has 2 N–H and O–H groups in total. The average molecular weight is 315 g/mol. The highest BCUT2D eigenvalue weighted by molar-refractivity contribution is 5.66. The second-order valence-electron chi connectivity index (χ2n) is 6.21. The molecule has 3 aromatic rings. The Balaban J connectivity index is 1.88. The van der Waals surface area contributed by atoms with Crippen molar-refractivity contribution in [1.82, 2.24) is 29.6 Å². The van der Waals surface area contributed by atoms with Crippen molar-refractivity contribution in [2.45, 2.75) is 32.7 Å². The Labute approximate surface area is 132 Å². The highest BCUT2D eigenvalue weighted by Gasteiger charge is 2.21. The molecule has 0 bridgehead atoms. The Morgan fingerprint density at radius 2 is 2.09 bits per heavy atom. The van der Waals surface area contributed by atoms with Gasteiger partial charge in [-0.05, 0) is 12.1 Å². The number of carboxylic acid groups (broad SMARTS) is 1. The Morgan fingerprint density at radius 1 is 1.30 bits per heavy atom. The number of fused-ring (bicyclic) bond motifs is 1. The second-order valence-corrected chi connectivity index (χ2v) is 6.21. The van der Waals surface area contributed by atoms with Gasteiger partial charge >= 0.3 is 5.97 Å². The molecule has 23 heavy (non-hydrogen) atoms. The maximum Gasteiger partial charge on any atom is 0.325 e. The number of hydrogen-bond donors (Lipinski definition) is 2. The van der Waals surface area contributed by atoms with Crippen LogP contribution in [0.1, 0.15) is 26.6 Å². The van der Waals surface area contributed by atoms with Gasteiger partial charge in [0, 0.05) is 11.6 Å². The number of aliphatic carboxylic acids is 1. The molecule has 3 heterocycles. The number of anilines is 2. The summed E-state index contributed by atoms with van der Waals surface area (Å²) in [5, 5.41) is 28.6. The van der Waals surface area contributed by atoms with E-state index in [0.29, 0.717) is 17.2 Å². The van der Waals surface area contributed by atoms with Crippen molar-refractivity contribution in [2.75, 3.05) is 5.32 Å².